The second-order valence-corrected chi connectivity index (χ2v) is 9.85. The van der Waals surface area contributed by atoms with Crippen molar-refractivity contribution in [2.24, 2.45) is 0 Å². The number of aliphatic hydroxyl groups is 1. The minimum atomic E-state index is -0.709. The molecule has 0 saturated carbocycles. The summed E-state index contributed by atoms with van der Waals surface area (Å²) in [4.78, 5) is 35.0. The molecule has 2 fully saturated rings. The average molecular weight is 539 g/mol. The van der Waals surface area contributed by atoms with Crippen LogP contribution in [0.4, 0.5) is 0 Å². The van der Waals surface area contributed by atoms with Gasteiger partial charge < -0.3 is 19.1 Å². The second kappa shape index (κ2) is 9.56. The molecule has 1 amide bonds. The number of imidazole rings is 1. The van der Waals surface area contributed by atoms with Gasteiger partial charge in [-0.25, -0.2) is 4.98 Å². The lowest BCUT2D eigenvalue weighted by Crippen LogP contribution is -2.42. The van der Waals surface area contributed by atoms with E-state index in [1.165, 1.54) is 0 Å². The zero-order valence-electron chi connectivity index (χ0n) is 19.7. The number of aryl methyl sites for hydroxylation is 2. The standard InChI is InChI=1S/C26H27BrN4O4/c1-16-5-4-8-30-17(2)21(28-25(16)30)23(32)20-22(18-6-3-7-19(27)15-18)31(26(34)24(20)33)10-9-29-11-13-35-14-12-29/h3-8,15,22,32H,9-14H2,1-2H3. The first-order valence-electron chi connectivity index (χ1n) is 11.7. The first-order chi connectivity index (χ1) is 16.9. The Morgan fingerprint density at radius 2 is 1.91 bits per heavy atom. The molecule has 0 aliphatic carbocycles. The van der Waals surface area contributed by atoms with Gasteiger partial charge in [0, 0.05) is 36.8 Å². The molecule has 0 radical (unpaired) electrons. The Balaban J connectivity index is 1.61. The molecule has 1 aromatic carbocycles. The number of ketones is 1. The number of Topliss-reactive ketones (excluding diaryl/α,β-unsaturated/α-hetero) is 1. The minimum Gasteiger partial charge on any atom is -0.505 e. The maximum absolute atomic E-state index is 13.4. The number of nitrogens with zero attached hydrogens (tertiary/aromatic N) is 4. The Morgan fingerprint density at radius 3 is 2.63 bits per heavy atom. The van der Waals surface area contributed by atoms with Crippen molar-refractivity contribution in [2.45, 2.75) is 19.9 Å². The number of benzene rings is 1. The van der Waals surface area contributed by atoms with E-state index in [1.807, 2.05) is 60.8 Å². The van der Waals surface area contributed by atoms with Crippen LogP contribution in [0.3, 0.4) is 0 Å². The first-order valence-corrected chi connectivity index (χ1v) is 12.4. The zero-order chi connectivity index (χ0) is 24.7. The lowest BCUT2D eigenvalue weighted by Gasteiger charge is -2.31. The molecule has 1 unspecified atom stereocenters. The molecule has 1 atom stereocenters. The summed E-state index contributed by atoms with van der Waals surface area (Å²) >= 11 is 3.50. The van der Waals surface area contributed by atoms with Gasteiger partial charge >= 0.3 is 0 Å². The van der Waals surface area contributed by atoms with Gasteiger partial charge in [0.2, 0.25) is 0 Å². The molecule has 182 valence electrons. The lowest BCUT2D eigenvalue weighted by atomic mass is 9.96. The van der Waals surface area contributed by atoms with Crippen molar-refractivity contribution >= 4 is 39.0 Å². The molecule has 0 bridgehead atoms. The number of aliphatic hydroxyl groups excluding tert-OH is 1. The number of hydrogen-bond acceptors (Lipinski definition) is 6. The molecule has 1 N–H and O–H groups in total. The third-order valence-electron chi connectivity index (χ3n) is 6.77. The summed E-state index contributed by atoms with van der Waals surface area (Å²) in [5.41, 5.74) is 3.48. The number of halogens is 1. The summed E-state index contributed by atoms with van der Waals surface area (Å²) < 4.78 is 8.13. The molecule has 2 aliphatic rings. The minimum absolute atomic E-state index is 0.0687. The molecule has 9 heteroatoms. The quantitative estimate of drug-likeness (QED) is 0.304. The highest BCUT2D eigenvalue weighted by molar-refractivity contribution is 9.10. The Bertz CT molecular complexity index is 1340. The average Bonchev–Trinajstić information content (AvgIpc) is 3.33. The number of amides is 1. The monoisotopic (exact) mass is 538 g/mol. The number of pyridine rings is 1. The van der Waals surface area contributed by atoms with E-state index in [0.29, 0.717) is 43.3 Å². The number of likely N-dealkylation sites (tertiary alicyclic amines) is 1. The van der Waals surface area contributed by atoms with E-state index in [4.69, 9.17) is 4.74 Å². The van der Waals surface area contributed by atoms with Crippen molar-refractivity contribution in [1.29, 1.82) is 0 Å². The summed E-state index contributed by atoms with van der Waals surface area (Å²) in [5.74, 6) is -1.55. The summed E-state index contributed by atoms with van der Waals surface area (Å²) in [7, 11) is 0. The van der Waals surface area contributed by atoms with Crippen LogP contribution in [-0.4, -0.2) is 75.4 Å². The maximum Gasteiger partial charge on any atom is 0.295 e. The fraction of sp³-hybridized carbons (Fsp3) is 0.346. The number of carbonyl (C=O) groups excluding carboxylic acids is 2. The molecule has 3 aromatic rings. The van der Waals surface area contributed by atoms with Crippen LogP contribution < -0.4 is 0 Å². The fourth-order valence-corrected chi connectivity index (χ4v) is 5.30. The summed E-state index contributed by atoms with van der Waals surface area (Å²) in [6, 6.07) is 10.6. The van der Waals surface area contributed by atoms with Gasteiger partial charge in [0.25, 0.3) is 11.7 Å². The van der Waals surface area contributed by atoms with E-state index >= 15 is 0 Å². The number of hydrogen-bond donors (Lipinski definition) is 1. The van der Waals surface area contributed by atoms with Crippen LogP contribution in [0.25, 0.3) is 11.4 Å². The topological polar surface area (TPSA) is 87.4 Å². The van der Waals surface area contributed by atoms with E-state index in [1.54, 1.807) is 4.90 Å². The predicted molar refractivity (Wildman–Crippen MR) is 135 cm³/mol. The summed E-state index contributed by atoms with van der Waals surface area (Å²) in [5, 5.41) is 11.5. The second-order valence-electron chi connectivity index (χ2n) is 8.93. The van der Waals surface area contributed by atoms with Gasteiger partial charge in [-0.3, -0.25) is 14.5 Å². The van der Waals surface area contributed by atoms with Crippen LogP contribution in [0.15, 0.2) is 52.6 Å². The van der Waals surface area contributed by atoms with E-state index < -0.39 is 17.7 Å². The lowest BCUT2D eigenvalue weighted by molar-refractivity contribution is -0.140. The van der Waals surface area contributed by atoms with Gasteiger partial charge in [0.1, 0.15) is 11.3 Å². The van der Waals surface area contributed by atoms with Crippen molar-refractivity contribution in [2.75, 3.05) is 39.4 Å². The fourth-order valence-electron chi connectivity index (χ4n) is 4.88. The van der Waals surface area contributed by atoms with E-state index in [9.17, 15) is 14.7 Å². The molecular weight excluding hydrogens is 512 g/mol. The molecule has 4 heterocycles. The van der Waals surface area contributed by atoms with Crippen LogP contribution in [0.2, 0.25) is 0 Å². The number of rotatable bonds is 5. The normalized spacial score (nSPS) is 20.8. The number of aromatic nitrogens is 2. The molecule has 5 rings (SSSR count). The Hall–Kier alpha value is -3.01. The molecule has 0 spiro atoms. The van der Waals surface area contributed by atoms with E-state index in [0.717, 1.165) is 28.7 Å². The van der Waals surface area contributed by atoms with Crippen molar-refractivity contribution in [3.8, 4) is 0 Å². The van der Waals surface area contributed by atoms with Crippen LogP contribution in [0.5, 0.6) is 0 Å². The zero-order valence-corrected chi connectivity index (χ0v) is 21.3. The summed E-state index contributed by atoms with van der Waals surface area (Å²) in [6.45, 7) is 7.64. The SMILES string of the molecule is Cc1cccn2c(C)c(C(O)=C3C(=O)C(=O)N(CCN4CCOCC4)C3c3cccc(Br)c3)nc12. The van der Waals surface area contributed by atoms with Crippen LogP contribution >= 0.6 is 15.9 Å². The van der Waals surface area contributed by atoms with Crippen molar-refractivity contribution in [3.63, 3.8) is 0 Å². The smallest absolute Gasteiger partial charge is 0.295 e. The van der Waals surface area contributed by atoms with Crippen molar-refractivity contribution < 1.29 is 19.4 Å². The molecule has 2 aliphatic heterocycles. The van der Waals surface area contributed by atoms with Gasteiger partial charge in [-0.2, -0.15) is 0 Å². The third-order valence-corrected chi connectivity index (χ3v) is 7.27. The van der Waals surface area contributed by atoms with Gasteiger partial charge in [-0.05, 0) is 43.2 Å². The molecule has 2 aromatic heterocycles. The number of fused-ring (bicyclic) bond motifs is 1. The highest BCUT2D eigenvalue weighted by atomic mass is 79.9. The predicted octanol–water partition coefficient (Wildman–Crippen LogP) is 3.47. The maximum atomic E-state index is 13.4. The molecular formula is C26H27BrN4O4. The number of carbonyl (C=O) groups is 2. The highest BCUT2D eigenvalue weighted by Crippen LogP contribution is 2.40. The van der Waals surface area contributed by atoms with Gasteiger partial charge in [0.15, 0.2) is 5.76 Å². The first kappa shape index (κ1) is 23.7. The molecule has 35 heavy (non-hydrogen) atoms. The highest BCUT2D eigenvalue weighted by Gasteiger charge is 2.46. The Labute approximate surface area is 211 Å². The van der Waals surface area contributed by atoms with Crippen LogP contribution in [-0.2, 0) is 14.3 Å². The van der Waals surface area contributed by atoms with Crippen LogP contribution in [0.1, 0.15) is 28.6 Å². The largest absolute Gasteiger partial charge is 0.505 e. The summed E-state index contributed by atoms with van der Waals surface area (Å²) in [6.07, 6.45) is 1.87. The van der Waals surface area contributed by atoms with Gasteiger partial charge in [-0.1, -0.05) is 34.1 Å². The Morgan fingerprint density at radius 1 is 1.14 bits per heavy atom. The molecule has 8 nitrogen and oxygen atoms in total. The van der Waals surface area contributed by atoms with Crippen molar-refractivity contribution in [3.05, 3.63) is 75.2 Å². The number of ether oxygens (including phenoxy) is 1. The third kappa shape index (κ3) is 4.28. The van der Waals surface area contributed by atoms with E-state index in [2.05, 4.69) is 25.8 Å². The van der Waals surface area contributed by atoms with Gasteiger partial charge in [0.05, 0.1) is 30.5 Å². The van der Waals surface area contributed by atoms with Crippen LogP contribution in [0, 0.1) is 13.8 Å². The van der Waals surface area contributed by atoms with E-state index in [-0.39, 0.29) is 11.3 Å². The Kier molecular flexibility index (Phi) is 6.48. The number of morpholine rings is 1. The molecule has 2 saturated heterocycles. The van der Waals surface area contributed by atoms with Gasteiger partial charge in [-0.15, -0.1) is 0 Å². The van der Waals surface area contributed by atoms with Crippen molar-refractivity contribution in [1.82, 2.24) is 19.2 Å².